The molecule has 0 saturated heterocycles. The van der Waals surface area contributed by atoms with Gasteiger partial charge in [0.2, 0.25) is 0 Å². The Hall–Kier alpha value is -0.120. The largest absolute Gasteiger partial charge is 0.382 e. The fourth-order valence-corrected chi connectivity index (χ4v) is 1.29. The summed E-state index contributed by atoms with van der Waals surface area (Å²) in [5, 5.41) is 0. The van der Waals surface area contributed by atoms with Crippen molar-refractivity contribution >= 4 is 0 Å². The lowest BCUT2D eigenvalue weighted by atomic mass is 9.98. The second-order valence-electron chi connectivity index (χ2n) is 3.60. The van der Waals surface area contributed by atoms with Crippen LogP contribution in [-0.4, -0.2) is 19.3 Å². The lowest BCUT2D eigenvalue weighted by molar-refractivity contribution is 0.133. The highest BCUT2D eigenvalue weighted by Crippen LogP contribution is 2.11. The maximum atomic E-state index is 5.45. The van der Waals surface area contributed by atoms with E-state index in [1.165, 1.54) is 6.42 Å². The van der Waals surface area contributed by atoms with Gasteiger partial charge in [0.25, 0.3) is 0 Å². The zero-order chi connectivity index (χ0) is 10.1. The third kappa shape index (κ3) is 6.99. The van der Waals surface area contributed by atoms with Crippen molar-refractivity contribution in [3.8, 4) is 0 Å². The molecular weight excluding hydrogens is 164 g/mol. The summed E-state index contributed by atoms with van der Waals surface area (Å²) in [7, 11) is 0. The third-order valence-electron chi connectivity index (χ3n) is 2.43. The zero-order valence-electron chi connectivity index (χ0n) is 9.18. The Kier molecular flexibility index (Phi) is 8.40. The van der Waals surface area contributed by atoms with E-state index < -0.39 is 0 Å². The Morgan fingerprint density at radius 2 is 2.08 bits per heavy atom. The fourth-order valence-electron chi connectivity index (χ4n) is 1.29. The SMILES string of the molecule is CCOCCC(CC(C)CC)NN. The van der Waals surface area contributed by atoms with Gasteiger partial charge < -0.3 is 4.74 Å². The second kappa shape index (κ2) is 8.48. The van der Waals surface area contributed by atoms with Crippen LogP contribution in [-0.2, 0) is 4.74 Å². The quantitative estimate of drug-likeness (QED) is 0.346. The predicted octanol–water partition coefficient (Wildman–Crippen LogP) is 1.68. The van der Waals surface area contributed by atoms with Crippen LogP contribution >= 0.6 is 0 Å². The van der Waals surface area contributed by atoms with Gasteiger partial charge in [-0.3, -0.25) is 11.3 Å². The van der Waals surface area contributed by atoms with E-state index in [1.807, 2.05) is 6.92 Å². The van der Waals surface area contributed by atoms with E-state index in [9.17, 15) is 0 Å². The first-order valence-electron chi connectivity index (χ1n) is 5.28. The smallest absolute Gasteiger partial charge is 0.0481 e. The Morgan fingerprint density at radius 1 is 1.38 bits per heavy atom. The highest BCUT2D eigenvalue weighted by atomic mass is 16.5. The Bertz CT molecular complexity index is 109. The molecule has 0 heterocycles. The molecule has 0 fully saturated rings. The van der Waals surface area contributed by atoms with Gasteiger partial charge in [-0.15, -0.1) is 0 Å². The van der Waals surface area contributed by atoms with Gasteiger partial charge in [-0.25, -0.2) is 0 Å². The van der Waals surface area contributed by atoms with Crippen LogP contribution in [0, 0.1) is 5.92 Å². The standard InChI is InChI=1S/C10H24N2O/c1-4-9(3)8-10(12-11)6-7-13-5-2/h9-10,12H,4-8,11H2,1-3H3. The maximum Gasteiger partial charge on any atom is 0.0481 e. The van der Waals surface area contributed by atoms with Crippen molar-refractivity contribution in [2.45, 2.75) is 46.1 Å². The molecule has 0 rings (SSSR count). The summed E-state index contributed by atoms with van der Waals surface area (Å²) in [6.07, 6.45) is 3.36. The van der Waals surface area contributed by atoms with E-state index in [0.29, 0.717) is 6.04 Å². The Balaban J connectivity index is 3.50. The summed E-state index contributed by atoms with van der Waals surface area (Å²) in [6.45, 7) is 8.08. The van der Waals surface area contributed by atoms with Crippen LogP contribution in [0.3, 0.4) is 0 Å². The van der Waals surface area contributed by atoms with Gasteiger partial charge in [-0.2, -0.15) is 0 Å². The van der Waals surface area contributed by atoms with Crippen molar-refractivity contribution in [3.05, 3.63) is 0 Å². The molecular formula is C10H24N2O. The summed E-state index contributed by atoms with van der Waals surface area (Å²) in [5.74, 6) is 6.19. The third-order valence-corrected chi connectivity index (χ3v) is 2.43. The molecule has 0 spiro atoms. The van der Waals surface area contributed by atoms with Crippen molar-refractivity contribution in [1.82, 2.24) is 5.43 Å². The van der Waals surface area contributed by atoms with Gasteiger partial charge in [0.05, 0.1) is 0 Å². The van der Waals surface area contributed by atoms with E-state index in [1.54, 1.807) is 0 Å². The summed E-state index contributed by atoms with van der Waals surface area (Å²) < 4.78 is 5.29. The molecule has 2 atom stereocenters. The minimum atomic E-state index is 0.404. The van der Waals surface area contributed by atoms with Crippen molar-refractivity contribution in [2.24, 2.45) is 11.8 Å². The molecule has 3 nitrogen and oxygen atoms in total. The van der Waals surface area contributed by atoms with Crippen LogP contribution in [0.1, 0.15) is 40.0 Å². The lowest BCUT2D eigenvalue weighted by Crippen LogP contribution is -2.37. The van der Waals surface area contributed by atoms with Crippen LogP contribution < -0.4 is 11.3 Å². The van der Waals surface area contributed by atoms with Crippen LogP contribution in [0.15, 0.2) is 0 Å². The molecule has 0 saturated carbocycles. The zero-order valence-corrected chi connectivity index (χ0v) is 9.18. The molecule has 0 aliphatic heterocycles. The van der Waals surface area contributed by atoms with E-state index in [0.717, 1.165) is 32.0 Å². The molecule has 3 N–H and O–H groups in total. The molecule has 0 aromatic carbocycles. The summed E-state index contributed by atoms with van der Waals surface area (Å²) >= 11 is 0. The van der Waals surface area contributed by atoms with E-state index in [4.69, 9.17) is 10.6 Å². The van der Waals surface area contributed by atoms with E-state index in [-0.39, 0.29) is 0 Å². The second-order valence-corrected chi connectivity index (χ2v) is 3.60. The normalized spacial score (nSPS) is 15.7. The predicted molar refractivity (Wildman–Crippen MR) is 56.3 cm³/mol. The molecule has 0 aromatic rings. The first-order valence-corrected chi connectivity index (χ1v) is 5.28. The van der Waals surface area contributed by atoms with Crippen molar-refractivity contribution in [1.29, 1.82) is 0 Å². The molecule has 3 heteroatoms. The molecule has 0 aliphatic rings. The number of ether oxygens (including phenoxy) is 1. The number of nitrogens with two attached hydrogens (primary N) is 1. The number of hydrogen-bond donors (Lipinski definition) is 2. The monoisotopic (exact) mass is 188 g/mol. The van der Waals surface area contributed by atoms with E-state index >= 15 is 0 Å². The van der Waals surface area contributed by atoms with Crippen LogP contribution in [0.5, 0.6) is 0 Å². The number of hydrazine groups is 1. The first kappa shape index (κ1) is 12.9. The molecule has 0 radical (unpaired) electrons. The van der Waals surface area contributed by atoms with Crippen LogP contribution in [0.25, 0.3) is 0 Å². The highest BCUT2D eigenvalue weighted by molar-refractivity contribution is 4.66. The van der Waals surface area contributed by atoms with Gasteiger partial charge >= 0.3 is 0 Å². The average Bonchev–Trinajstić information content (AvgIpc) is 2.16. The molecule has 0 aliphatic carbocycles. The average molecular weight is 188 g/mol. The van der Waals surface area contributed by atoms with Crippen LogP contribution in [0.2, 0.25) is 0 Å². The molecule has 0 aromatic heterocycles. The summed E-state index contributed by atoms with van der Waals surface area (Å²) in [5.41, 5.74) is 2.85. The molecule has 13 heavy (non-hydrogen) atoms. The Morgan fingerprint density at radius 3 is 2.54 bits per heavy atom. The molecule has 2 unspecified atom stereocenters. The number of nitrogens with one attached hydrogen (secondary N) is 1. The van der Waals surface area contributed by atoms with Crippen molar-refractivity contribution < 1.29 is 4.74 Å². The van der Waals surface area contributed by atoms with Gasteiger partial charge in [0.15, 0.2) is 0 Å². The summed E-state index contributed by atoms with van der Waals surface area (Å²) in [6, 6.07) is 0.404. The first-order chi connectivity index (χ1) is 6.24. The van der Waals surface area contributed by atoms with Crippen molar-refractivity contribution in [2.75, 3.05) is 13.2 Å². The number of hydrogen-bond acceptors (Lipinski definition) is 3. The van der Waals surface area contributed by atoms with Crippen LogP contribution in [0.4, 0.5) is 0 Å². The molecule has 0 amide bonds. The summed E-state index contributed by atoms with van der Waals surface area (Å²) in [4.78, 5) is 0. The minimum absolute atomic E-state index is 0.404. The van der Waals surface area contributed by atoms with Crippen molar-refractivity contribution in [3.63, 3.8) is 0 Å². The van der Waals surface area contributed by atoms with Gasteiger partial charge in [-0.05, 0) is 25.7 Å². The fraction of sp³-hybridized carbons (Fsp3) is 1.00. The highest BCUT2D eigenvalue weighted by Gasteiger charge is 2.09. The molecule has 80 valence electrons. The topological polar surface area (TPSA) is 47.3 Å². The van der Waals surface area contributed by atoms with E-state index in [2.05, 4.69) is 19.3 Å². The Labute approximate surface area is 82.0 Å². The van der Waals surface area contributed by atoms with Gasteiger partial charge in [-0.1, -0.05) is 20.3 Å². The molecule has 0 bridgehead atoms. The number of rotatable bonds is 8. The minimum Gasteiger partial charge on any atom is -0.382 e. The lowest BCUT2D eigenvalue weighted by Gasteiger charge is -2.19. The maximum absolute atomic E-state index is 5.45. The van der Waals surface area contributed by atoms with Gasteiger partial charge in [0.1, 0.15) is 0 Å². The van der Waals surface area contributed by atoms with Gasteiger partial charge in [0, 0.05) is 19.3 Å².